The zero-order chi connectivity index (χ0) is 46.8. The number of carbonyl (C=O) groups excluding carboxylic acids is 1. The van der Waals surface area contributed by atoms with E-state index in [0.29, 0.717) is 6.42 Å². The van der Waals surface area contributed by atoms with Crippen LogP contribution in [-0.4, -0.2) is 140 Å². The van der Waals surface area contributed by atoms with E-state index in [4.69, 9.17) is 18.9 Å². The van der Waals surface area contributed by atoms with Gasteiger partial charge in [-0.25, -0.2) is 0 Å². The summed E-state index contributed by atoms with van der Waals surface area (Å²) in [6, 6.07) is -0.915. The standard InChI is InChI=1S/C50H93NO13/c1-3-5-7-9-11-13-15-17-18-19-20-22-23-25-27-29-31-33-39(54)38(51-42(55)34-32-30-28-26-24-21-16-14-12-10-8-6-4-2)37-61-49-47(60)45(58)48(41(36-53)63-49)64-50-46(59)44(57)43(56)40(35-52)62-50/h14,16,31,33,38-41,43-50,52-54,56-60H,3-13,15,17-30,32,34-37H2,1-2H3,(H,51,55)/b16-14-,33-31+. The highest BCUT2D eigenvalue weighted by molar-refractivity contribution is 5.76. The van der Waals surface area contributed by atoms with E-state index in [0.717, 1.165) is 57.8 Å². The first-order chi connectivity index (χ1) is 31.1. The van der Waals surface area contributed by atoms with Crippen molar-refractivity contribution in [2.24, 2.45) is 0 Å². The molecule has 1 amide bonds. The maximum absolute atomic E-state index is 13.1. The molecule has 12 atom stereocenters. The van der Waals surface area contributed by atoms with Crippen molar-refractivity contribution in [2.75, 3.05) is 19.8 Å². The number of aliphatic hydroxyl groups is 8. The molecule has 2 aliphatic heterocycles. The van der Waals surface area contributed by atoms with Gasteiger partial charge in [-0.1, -0.05) is 167 Å². The van der Waals surface area contributed by atoms with Gasteiger partial charge in [0.1, 0.15) is 48.8 Å². The van der Waals surface area contributed by atoms with Gasteiger partial charge in [0.05, 0.1) is 32.0 Å². The zero-order valence-corrected chi connectivity index (χ0v) is 39.8. The van der Waals surface area contributed by atoms with Crippen LogP contribution in [0.25, 0.3) is 0 Å². The molecule has 0 spiro atoms. The van der Waals surface area contributed by atoms with E-state index in [1.807, 2.05) is 6.08 Å². The fraction of sp³-hybridized carbons (Fsp3) is 0.900. The lowest BCUT2D eigenvalue weighted by atomic mass is 9.97. The number of allylic oxidation sites excluding steroid dienone is 3. The molecule has 64 heavy (non-hydrogen) atoms. The van der Waals surface area contributed by atoms with Crippen LogP contribution in [0.15, 0.2) is 24.3 Å². The van der Waals surface area contributed by atoms with Crippen molar-refractivity contribution in [2.45, 2.75) is 267 Å². The Bertz CT molecular complexity index is 1170. The van der Waals surface area contributed by atoms with Gasteiger partial charge in [-0.2, -0.15) is 0 Å². The summed E-state index contributed by atoms with van der Waals surface area (Å²) in [5.74, 6) is -0.249. The quantitative estimate of drug-likeness (QED) is 0.0236. The van der Waals surface area contributed by atoms with Gasteiger partial charge in [0.2, 0.25) is 5.91 Å². The molecule has 0 aromatic rings. The lowest BCUT2D eigenvalue weighted by Gasteiger charge is -2.46. The van der Waals surface area contributed by atoms with Gasteiger partial charge < -0.3 is 65.1 Å². The van der Waals surface area contributed by atoms with E-state index in [2.05, 4.69) is 31.3 Å². The first-order valence-electron chi connectivity index (χ1n) is 25.6. The van der Waals surface area contributed by atoms with Gasteiger partial charge in [0, 0.05) is 6.42 Å². The molecule has 0 radical (unpaired) electrons. The molecular weight excluding hydrogens is 823 g/mol. The molecule has 2 saturated heterocycles. The predicted molar refractivity (Wildman–Crippen MR) is 249 cm³/mol. The zero-order valence-electron chi connectivity index (χ0n) is 39.8. The van der Waals surface area contributed by atoms with Gasteiger partial charge in [-0.15, -0.1) is 0 Å². The van der Waals surface area contributed by atoms with Gasteiger partial charge in [-0.3, -0.25) is 4.79 Å². The second kappa shape index (κ2) is 37.5. The molecule has 2 aliphatic rings. The van der Waals surface area contributed by atoms with Crippen LogP contribution in [0.3, 0.4) is 0 Å². The Hall–Kier alpha value is -1.53. The molecular formula is C50H93NO13. The molecule has 2 fully saturated rings. The maximum Gasteiger partial charge on any atom is 0.220 e. The summed E-state index contributed by atoms with van der Waals surface area (Å²) in [6.45, 7) is 2.76. The van der Waals surface area contributed by atoms with Crippen molar-refractivity contribution in [1.82, 2.24) is 5.32 Å². The normalized spacial score (nSPS) is 27.4. The molecule has 376 valence electrons. The van der Waals surface area contributed by atoms with E-state index in [1.165, 1.54) is 109 Å². The van der Waals surface area contributed by atoms with Crippen LogP contribution in [0.5, 0.6) is 0 Å². The van der Waals surface area contributed by atoms with Gasteiger partial charge in [0.25, 0.3) is 0 Å². The number of amides is 1. The highest BCUT2D eigenvalue weighted by atomic mass is 16.7. The number of carbonyl (C=O) groups is 1. The van der Waals surface area contributed by atoms with E-state index in [9.17, 15) is 45.6 Å². The molecule has 2 heterocycles. The Labute approximate surface area is 386 Å². The monoisotopic (exact) mass is 916 g/mol. The number of hydrogen-bond donors (Lipinski definition) is 9. The SMILES string of the molecule is CCCCCC/C=C\CCCCCCCC(=O)NC(COC1OC(CO)C(OC2OC(CO)C(O)C(O)C2O)C(O)C1O)C(O)/C=C/CCCCCCCCCCCCCCCCC. The summed E-state index contributed by atoms with van der Waals surface area (Å²) >= 11 is 0. The number of aliphatic hydroxyl groups excluding tert-OH is 8. The number of unbranched alkanes of at least 4 members (excludes halogenated alkanes) is 24. The molecule has 0 aromatic heterocycles. The summed E-state index contributed by atoms with van der Waals surface area (Å²) in [4.78, 5) is 13.1. The van der Waals surface area contributed by atoms with Crippen molar-refractivity contribution in [3.05, 3.63) is 24.3 Å². The predicted octanol–water partition coefficient (Wildman–Crippen LogP) is 6.55. The van der Waals surface area contributed by atoms with Crippen LogP contribution >= 0.6 is 0 Å². The average molecular weight is 916 g/mol. The third-order valence-electron chi connectivity index (χ3n) is 12.6. The fourth-order valence-corrected chi connectivity index (χ4v) is 8.40. The van der Waals surface area contributed by atoms with E-state index < -0.39 is 86.8 Å². The fourth-order valence-electron chi connectivity index (χ4n) is 8.40. The number of ether oxygens (including phenoxy) is 4. The largest absolute Gasteiger partial charge is 0.394 e. The van der Waals surface area contributed by atoms with Crippen LogP contribution < -0.4 is 5.32 Å². The molecule has 14 heteroatoms. The third kappa shape index (κ3) is 24.5. The highest BCUT2D eigenvalue weighted by Gasteiger charge is 2.51. The van der Waals surface area contributed by atoms with Gasteiger partial charge in [-0.05, 0) is 44.9 Å². The van der Waals surface area contributed by atoms with Crippen molar-refractivity contribution < 1.29 is 64.6 Å². The Balaban J connectivity index is 1.86. The van der Waals surface area contributed by atoms with Crippen molar-refractivity contribution in [3.63, 3.8) is 0 Å². The molecule has 0 saturated carbocycles. The Morgan fingerprint density at radius 1 is 0.547 bits per heavy atom. The van der Waals surface area contributed by atoms with Crippen LogP contribution in [0.2, 0.25) is 0 Å². The molecule has 14 nitrogen and oxygen atoms in total. The molecule has 2 rings (SSSR count). The number of rotatable bonds is 39. The topological polar surface area (TPSA) is 228 Å². The summed E-state index contributed by atoms with van der Waals surface area (Å²) in [5, 5.41) is 86.7. The minimum atomic E-state index is -1.79. The van der Waals surface area contributed by atoms with Crippen molar-refractivity contribution in [3.8, 4) is 0 Å². The molecule has 0 aromatic carbocycles. The molecule has 0 aliphatic carbocycles. The molecule has 9 N–H and O–H groups in total. The van der Waals surface area contributed by atoms with E-state index in [1.54, 1.807) is 6.08 Å². The van der Waals surface area contributed by atoms with Crippen molar-refractivity contribution in [1.29, 1.82) is 0 Å². The lowest BCUT2D eigenvalue weighted by molar-refractivity contribution is -0.359. The maximum atomic E-state index is 13.1. The van der Waals surface area contributed by atoms with E-state index in [-0.39, 0.29) is 18.9 Å². The van der Waals surface area contributed by atoms with Crippen LogP contribution in [0, 0.1) is 0 Å². The summed E-state index contributed by atoms with van der Waals surface area (Å²) in [7, 11) is 0. The van der Waals surface area contributed by atoms with Crippen LogP contribution in [0.1, 0.15) is 194 Å². The summed E-state index contributed by atoms with van der Waals surface area (Å²) < 4.78 is 22.7. The lowest BCUT2D eigenvalue weighted by Crippen LogP contribution is -2.65. The molecule has 0 bridgehead atoms. The molecule has 12 unspecified atom stereocenters. The second-order valence-corrected chi connectivity index (χ2v) is 18.3. The Morgan fingerprint density at radius 2 is 0.984 bits per heavy atom. The summed E-state index contributed by atoms with van der Waals surface area (Å²) in [5.41, 5.74) is 0. The third-order valence-corrected chi connectivity index (χ3v) is 12.6. The average Bonchev–Trinajstić information content (AvgIpc) is 3.29. The highest BCUT2D eigenvalue weighted by Crippen LogP contribution is 2.30. The van der Waals surface area contributed by atoms with E-state index >= 15 is 0 Å². The van der Waals surface area contributed by atoms with Gasteiger partial charge >= 0.3 is 0 Å². The van der Waals surface area contributed by atoms with Crippen LogP contribution in [-0.2, 0) is 23.7 Å². The van der Waals surface area contributed by atoms with Crippen LogP contribution in [0.4, 0.5) is 0 Å². The van der Waals surface area contributed by atoms with Gasteiger partial charge in [0.15, 0.2) is 12.6 Å². The second-order valence-electron chi connectivity index (χ2n) is 18.3. The number of nitrogens with one attached hydrogen (secondary N) is 1. The minimum absolute atomic E-state index is 0.249. The first kappa shape index (κ1) is 58.6. The first-order valence-corrected chi connectivity index (χ1v) is 25.6. The number of hydrogen-bond acceptors (Lipinski definition) is 13. The smallest absolute Gasteiger partial charge is 0.220 e. The Morgan fingerprint density at radius 3 is 1.50 bits per heavy atom. The van der Waals surface area contributed by atoms with Crippen molar-refractivity contribution >= 4 is 5.91 Å². The Kier molecular flexibility index (Phi) is 34.3. The minimum Gasteiger partial charge on any atom is -0.394 e. The summed E-state index contributed by atoms with van der Waals surface area (Å²) in [6.07, 6.45) is 23.6.